The summed E-state index contributed by atoms with van der Waals surface area (Å²) in [7, 11) is -3.24. The van der Waals surface area contributed by atoms with Crippen LogP contribution in [0.4, 0.5) is 17.5 Å². The van der Waals surface area contributed by atoms with Crippen molar-refractivity contribution in [3.8, 4) is 0 Å². The van der Waals surface area contributed by atoms with Crippen molar-refractivity contribution in [2.24, 2.45) is 0 Å². The molecule has 0 radical (unpaired) electrons. The molecule has 0 fully saturated rings. The molecular weight excluding hydrogens is 364 g/mol. The minimum Gasteiger partial charge on any atom is -0.324 e. The van der Waals surface area contributed by atoms with Crippen LogP contribution in [0.2, 0.25) is 0 Å². The van der Waals surface area contributed by atoms with Crippen molar-refractivity contribution in [2.45, 2.75) is 50.5 Å². The Balaban J connectivity index is 1.94. The second-order valence-electron chi connectivity index (χ2n) is 7.41. The molecule has 0 aliphatic carbocycles. The number of fused-ring (bicyclic) bond motifs is 1. The van der Waals surface area contributed by atoms with E-state index in [1.165, 1.54) is 18.4 Å². The number of amides is 1. The van der Waals surface area contributed by atoms with Gasteiger partial charge in [0.05, 0.1) is 10.3 Å². The van der Waals surface area contributed by atoms with Crippen LogP contribution < -0.4 is 10.2 Å². The summed E-state index contributed by atoms with van der Waals surface area (Å²) in [5, 5.41) is 3.08. The van der Waals surface area contributed by atoms with Crippen molar-refractivity contribution in [2.75, 3.05) is 16.5 Å². The second kappa shape index (κ2) is 6.60. The normalized spacial score (nSPS) is 16.9. The Hall–Kier alpha value is -2.48. The first-order chi connectivity index (χ1) is 12.6. The zero-order chi connectivity index (χ0) is 20.0. The average Bonchev–Trinajstić information content (AvgIpc) is 2.80. The van der Waals surface area contributed by atoms with Gasteiger partial charge in [0.1, 0.15) is 5.82 Å². The lowest BCUT2D eigenvalue weighted by Crippen LogP contribution is -2.41. The summed E-state index contributed by atoms with van der Waals surface area (Å²) in [4.78, 5) is 23.8. The van der Waals surface area contributed by atoms with Crippen molar-refractivity contribution in [1.29, 1.82) is 0 Å². The lowest BCUT2D eigenvalue weighted by molar-refractivity contribution is -0.122. The van der Waals surface area contributed by atoms with Crippen LogP contribution in [0.3, 0.4) is 0 Å². The molecule has 0 saturated carbocycles. The monoisotopic (exact) mass is 388 g/mol. The molecule has 8 heteroatoms. The highest BCUT2D eigenvalue weighted by molar-refractivity contribution is 7.90. The van der Waals surface area contributed by atoms with E-state index in [4.69, 9.17) is 0 Å². The van der Waals surface area contributed by atoms with Gasteiger partial charge in [0.2, 0.25) is 11.9 Å². The number of hydrogen-bond donors (Lipinski definition) is 1. The predicted molar refractivity (Wildman–Crippen MR) is 105 cm³/mol. The average molecular weight is 388 g/mol. The van der Waals surface area contributed by atoms with E-state index in [1.807, 2.05) is 27.7 Å². The number of carbonyl (C=O) groups excluding carboxylic acids is 1. The summed E-state index contributed by atoms with van der Waals surface area (Å²) < 4.78 is 23.1. The summed E-state index contributed by atoms with van der Waals surface area (Å²) in [5.41, 5.74) is 0.820. The molecule has 2 heterocycles. The Kier molecular flexibility index (Phi) is 4.71. The van der Waals surface area contributed by atoms with Crippen LogP contribution in [0.15, 0.2) is 35.4 Å². The molecule has 1 aliphatic heterocycles. The first-order valence-corrected chi connectivity index (χ1v) is 10.7. The third kappa shape index (κ3) is 3.41. The highest BCUT2D eigenvalue weighted by Gasteiger charge is 2.46. The lowest BCUT2D eigenvalue weighted by Gasteiger charge is -2.25. The summed E-state index contributed by atoms with van der Waals surface area (Å²) in [6.45, 7) is 7.81. The van der Waals surface area contributed by atoms with Crippen molar-refractivity contribution < 1.29 is 13.2 Å². The molecule has 27 heavy (non-hydrogen) atoms. The van der Waals surface area contributed by atoms with Gasteiger partial charge >= 0.3 is 0 Å². The topological polar surface area (TPSA) is 92.3 Å². The zero-order valence-electron chi connectivity index (χ0n) is 16.1. The Morgan fingerprint density at radius 1 is 1.22 bits per heavy atom. The van der Waals surface area contributed by atoms with Gasteiger partial charge in [-0.3, -0.25) is 9.69 Å². The zero-order valence-corrected chi connectivity index (χ0v) is 17.0. The fourth-order valence-electron chi connectivity index (χ4n) is 3.08. The van der Waals surface area contributed by atoms with E-state index in [0.717, 1.165) is 12.0 Å². The highest BCUT2D eigenvalue weighted by Crippen LogP contribution is 2.41. The van der Waals surface area contributed by atoms with Gasteiger partial charge in [-0.25, -0.2) is 13.4 Å². The Morgan fingerprint density at radius 3 is 2.41 bits per heavy atom. The summed E-state index contributed by atoms with van der Waals surface area (Å²) >= 11 is 0. The lowest BCUT2D eigenvalue weighted by atomic mass is 9.88. The molecule has 1 aromatic heterocycles. The first kappa shape index (κ1) is 19.3. The molecule has 3 rings (SSSR count). The number of benzene rings is 1. The maximum absolute atomic E-state index is 12.9. The van der Waals surface area contributed by atoms with Crippen LogP contribution in [0.5, 0.6) is 0 Å². The minimum absolute atomic E-state index is 0.0239. The maximum Gasteiger partial charge on any atom is 0.238 e. The summed E-state index contributed by atoms with van der Waals surface area (Å²) in [6, 6.07) is 6.42. The van der Waals surface area contributed by atoms with E-state index in [9.17, 15) is 13.2 Å². The Morgan fingerprint density at radius 2 is 1.85 bits per heavy atom. The van der Waals surface area contributed by atoms with Gasteiger partial charge in [0.15, 0.2) is 9.84 Å². The maximum atomic E-state index is 12.9. The Labute approximate surface area is 159 Å². The van der Waals surface area contributed by atoms with Crippen LogP contribution in [0.1, 0.15) is 39.7 Å². The third-order valence-electron chi connectivity index (χ3n) is 4.99. The molecule has 0 spiro atoms. The molecule has 1 aromatic carbocycles. The van der Waals surface area contributed by atoms with Crippen LogP contribution in [-0.4, -0.2) is 36.6 Å². The number of nitrogens with one attached hydrogen (secondary N) is 1. The molecule has 144 valence electrons. The number of anilines is 3. The van der Waals surface area contributed by atoms with Gasteiger partial charge in [0.25, 0.3) is 0 Å². The van der Waals surface area contributed by atoms with Crippen LogP contribution in [0.25, 0.3) is 0 Å². The molecule has 1 atom stereocenters. The molecule has 1 aliphatic rings. The number of nitrogens with zero attached hydrogens (tertiary/aromatic N) is 3. The van der Waals surface area contributed by atoms with Crippen LogP contribution >= 0.6 is 0 Å². The predicted octanol–water partition coefficient (Wildman–Crippen LogP) is 3.05. The van der Waals surface area contributed by atoms with Crippen molar-refractivity contribution in [3.05, 3.63) is 36.0 Å². The molecule has 1 N–H and O–H groups in total. The largest absolute Gasteiger partial charge is 0.324 e. The number of aromatic nitrogens is 2. The minimum atomic E-state index is -3.24. The fourth-order valence-corrected chi connectivity index (χ4v) is 3.71. The molecule has 2 aromatic rings. The van der Waals surface area contributed by atoms with Crippen LogP contribution in [0, 0.1) is 0 Å². The number of sulfone groups is 1. The van der Waals surface area contributed by atoms with Gasteiger partial charge < -0.3 is 5.32 Å². The third-order valence-corrected chi connectivity index (χ3v) is 6.12. The van der Waals surface area contributed by atoms with E-state index < -0.39 is 15.3 Å². The highest BCUT2D eigenvalue weighted by atomic mass is 32.2. The number of rotatable bonds is 5. The van der Waals surface area contributed by atoms with Crippen molar-refractivity contribution in [3.63, 3.8) is 0 Å². The van der Waals surface area contributed by atoms with Gasteiger partial charge in [-0.05, 0) is 51.5 Å². The fraction of sp³-hybridized carbons (Fsp3) is 0.421. The molecule has 0 saturated heterocycles. The Bertz CT molecular complexity index is 985. The van der Waals surface area contributed by atoms with E-state index in [1.54, 1.807) is 23.2 Å². The van der Waals surface area contributed by atoms with Crippen LogP contribution in [-0.2, 0) is 20.0 Å². The standard InChI is InChI=1S/C19H24N4O3S/c1-6-12(2)23-16-15(19(3,4)17(23)24)11-20-18(22-16)21-13-7-9-14(10-8-13)27(5,25)26/h7-12H,6H2,1-5H3,(H,20,21,22)/t12-/m0/s1. The first-order valence-electron chi connectivity index (χ1n) is 8.84. The van der Waals surface area contributed by atoms with Gasteiger partial charge in [-0.1, -0.05) is 6.92 Å². The molecule has 1 amide bonds. The number of carbonyl (C=O) groups is 1. The van der Waals surface area contributed by atoms with E-state index >= 15 is 0 Å². The van der Waals surface area contributed by atoms with Crippen molar-refractivity contribution in [1.82, 2.24) is 9.97 Å². The van der Waals surface area contributed by atoms with Crippen molar-refractivity contribution >= 4 is 33.2 Å². The van der Waals surface area contributed by atoms with E-state index in [0.29, 0.717) is 17.5 Å². The molecule has 7 nitrogen and oxygen atoms in total. The molecular formula is C19H24N4O3S. The second-order valence-corrected chi connectivity index (χ2v) is 9.43. The summed E-state index contributed by atoms with van der Waals surface area (Å²) in [6.07, 6.45) is 3.68. The number of hydrogen-bond acceptors (Lipinski definition) is 6. The SMILES string of the molecule is CC[C@H](C)N1C(=O)C(C)(C)c2cnc(Nc3ccc(S(C)(=O)=O)cc3)nc21. The van der Waals surface area contributed by atoms with Gasteiger partial charge in [-0.2, -0.15) is 4.98 Å². The van der Waals surface area contributed by atoms with Gasteiger partial charge in [-0.15, -0.1) is 0 Å². The quantitative estimate of drug-likeness (QED) is 0.846. The van der Waals surface area contributed by atoms with E-state index in [-0.39, 0.29) is 16.8 Å². The summed E-state index contributed by atoms with van der Waals surface area (Å²) in [5.74, 6) is 1.01. The smallest absolute Gasteiger partial charge is 0.238 e. The van der Waals surface area contributed by atoms with E-state index in [2.05, 4.69) is 15.3 Å². The molecule has 0 unspecified atom stereocenters. The van der Waals surface area contributed by atoms with Gasteiger partial charge in [0, 0.05) is 29.7 Å². The molecule has 0 bridgehead atoms.